The molecule has 4 aromatic heterocycles. The second kappa shape index (κ2) is 9.95. The molecule has 10 rings (SSSR count). The van der Waals surface area contributed by atoms with Gasteiger partial charge in [0.1, 0.15) is 27.8 Å². The molecular weight excluding hydrogens is 584 g/mol. The maximum Gasteiger partial charge on any atom is 0.227 e. The molecule has 0 bridgehead atoms. The van der Waals surface area contributed by atoms with Crippen LogP contribution in [-0.2, 0) is 0 Å². The van der Waals surface area contributed by atoms with Crippen molar-refractivity contribution in [2.24, 2.45) is 0 Å². The molecule has 47 heavy (non-hydrogen) atoms. The van der Waals surface area contributed by atoms with Crippen molar-refractivity contribution in [1.82, 2.24) is 19.9 Å². The quantitative estimate of drug-likeness (QED) is 0.197. The fourth-order valence-electron chi connectivity index (χ4n) is 6.34. The van der Waals surface area contributed by atoms with Crippen molar-refractivity contribution >= 4 is 55.0 Å². The van der Waals surface area contributed by atoms with E-state index in [0.717, 1.165) is 71.6 Å². The number of aromatic nitrogens is 4. The van der Waals surface area contributed by atoms with Gasteiger partial charge in [-0.25, -0.2) is 19.9 Å². The molecule has 0 spiro atoms. The van der Waals surface area contributed by atoms with Crippen molar-refractivity contribution in [3.05, 3.63) is 133 Å². The number of oxazole rings is 1. The molecule has 0 amide bonds. The van der Waals surface area contributed by atoms with E-state index in [1.165, 1.54) is 0 Å². The first-order valence-electron chi connectivity index (χ1n) is 15.3. The third-order valence-corrected chi connectivity index (χ3v) is 8.57. The van der Waals surface area contributed by atoms with E-state index in [4.69, 9.17) is 33.2 Å². The van der Waals surface area contributed by atoms with E-state index in [-0.39, 0.29) is 0 Å². The minimum absolute atomic E-state index is 0.545. The lowest BCUT2D eigenvalue weighted by molar-refractivity contribution is 0.617. The zero-order valence-corrected chi connectivity index (χ0v) is 24.7. The molecule has 4 heterocycles. The Labute approximate surface area is 266 Å². The molecule has 220 valence electrons. The molecule has 0 aliphatic rings. The lowest BCUT2D eigenvalue weighted by Crippen LogP contribution is -2.00. The zero-order valence-electron chi connectivity index (χ0n) is 24.7. The molecule has 10 aromatic rings. The van der Waals surface area contributed by atoms with Crippen molar-refractivity contribution in [3.8, 4) is 45.6 Å². The van der Waals surface area contributed by atoms with Crippen molar-refractivity contribution < 1.29 is 13.3 Å². The number of hydrogen-bond donors (Lipinski definition) is 0. The Morgan fingerprint density at radius 1 is 0.362 bits per heavy atom. The number of rotatable bonds is 4. The van der Waals surface area contributed by atoms with Crippen LogP contribution in [0.5, 0.6) is 0 Å². The van der Waals surface area contributed by atoms with Gasteiger partial charge in [0.2, 0.25) is 5.89 Å². The lowest BCUT2D eigenvalue weighted by atomic mass is 10.1. The maximum atomic E-state index is 6.39. The molecule has 7 nitrogen and oxygen atoms in total. The van der Waals surface area contributed by atoms with Gasteiger partial charge in [-0.15, -0.1) is 0 Å². The van der Waals surface area contributed by atoms with Crippen LogP contribution in [0.25, 0.3) is 101 Å². The first-order valence-corrected chi connectivity index (χ1v) is 15.3. The fraction of sp³-hybridized carbons (Fsp3) is 0. The second-order valence-electron chi connectivity index (χ2n) is 11.5. The van der Waals surface area contributed by atoms with E-state index in [9.17, 15) is 0 Å². The van der Waals surface area contributed by atoms with Crippen LogP contribution in [0.3, 0.4) is 0 Å². The van der Waals surface area contributed by atoms with Gasteiger partial charge < -0.3 is 13.3 Å². The minimum Gasteiger partial charge on any atom is -0.456 e. The van der Waals surface area contributed by atoms with Gasteiger partial charge >= 0.3 is 0 Å². The van der Waals surface area contributed by atoms with Crippen LogP contribution in [0.2, 0.25) is 0 Å². The molecule has 0 radical (unpaired) electrons. The lowest BCUT2D eigenvalue weighted by Gasteiger charge is -2.09. The van der Waals surface area contributed by atoms with Crippen molar-refractivity contribution in [3.63, 3.8) is 0 Å². The van der Waals surface area contributed by atoms with Crippen LogP contribution >= 0.6 is 0 Å². The molecule has 0 N–H and O–H groups in total. The molecule has 0 atom stereocenters. The normalized spacial score (nSPS) is 11.8. The summed E-state index contributed by atoms with van der Waals surface area (Å²) in [7, 11) is 0. The predicted molar refractivity (Wildman–Crippen MR) is 184 cm³/mol. The number of furan rings is 2. The predicted octanol–water partition coefficient (Wildman–Crippen LogP) is 10.5. The Bertz CT molecular complexity index is 2800. The monoisotopic (exact) mass is 606 g/mol. The van der Waals surface area contributed by atoms with Crippen molar-refractivity contribution in [2.45, 2.75) is 0 Å². The summed E-state index contributed by atoms with van der Waals surface area (Å²) in [4.78, 5) is 19.7. The fourth-order valence-corrected chi connectivity index (χ4v) is 6.34. The van der Waals surface area contributed by atoms with Crippen LogP contribution in [0.15, 0.2) is 147 Å². The standard InChI is InChI=1S/C40H22N4O3/c1-3-10-23(11-4-1)37-42-38(44-39(43-37)28-15-9-17-32-36(28)27-14-7-8-16-31(27)45-32)25-18-19-26-29-21-30-35(22-34(29)46-33(26)20-25)47-40(41-30)24-12-5-2-6-13-24/h1-22H. The van der Waals surface area contributed by atoms with Crippen molar-refractivity contribution in [1.29, 1.82) is 0 Å². The summed E-state index contributed by atoms with van der Waals surface area (Å²) in [6.07, 6.45) is 0. The molecule has 0 saturated heterocycles. The van der Waals surface area contributed by atoms with Crippen LogP contribution in [-0.4, -0.2) is 19.9 Å². The van der Waals surface area contributed by atoms with Crippen LogP contribution in [0.4, 0.5) is 0 Å². The van der Waals surface area contributed by atoms with Gasteiger partial charge in [0.05, 0.1) is 0 Å². The van der Waals surface area contributed by atoms with Crippen LogP contribution < -0.4 is 0 Å². The van der Waals surface area contributed by atoms with E-state index in [0.29, 0.717) is 28.9 Å². The van der Waals surface area contributed by atoms with E-state index < -0.39 is 0 Å². The number of fused-ring (bicyclic) bond motifs is 7. The van der Waals surface area contributed by atoms with Gasteiger partial charge in [-0.1, -0.05) is 84.9 Å². The summed E-state index contributed by atoms with van der Waals surface area (Å²) in [5.41, 5.74) is 8.02. The van der Waals surface area contributed by atoms with Gasteiger partial charge in [-0.05, 0) is 42.5 Å². The first kappa shape index (κ1) is 25.7. The van der Waals surface area contributed by atoms with Gasteiger partial charge in [-0.3, -0.25) is 0 Å². The molecule has 0 saturated carbocycles. The summed E-state index contributed by atoms with van der Waals surface area (Å²) in [5, 5.41) is 3.93. The van der Waals surface area contributed by atoms with E-state index in [2.05, 4.69) is 12.1 Å². The number of hydrogen-bond acceptors (Lipinski definition) is 7. The van der Waals surface area contributed by atoms with Crippen LogP contribution in [0.1, 0.15) is 0 Å². The Balaban J connectivity index is 1.14. The average Bonchev–Trinajstić information content (AvgIpc) is 3.83. The smallest absolute Gasteiger partial charge is 0.227 e. The maximum absolute atomic E-state index is 6.39. The number of para-hydroxylation sites is 1. The third kappa shape index (κ3) is 4.14. The summed E-state index contributed by atoms with van der Waals surface area (Å²) in [6, 6.07) is 43.9. The molecule has 7 heteroatoms. The SMILES string of the molecule is c1ccc(-c2nc(-c3ccc4c(c3)oc3cc5oc(-c6ccccc6)nc5cc34)nc(-c3cccc4oc5ccccc5c34)n2)cc1. The molecule has 6 aromatic carbocycles. The largest absolute Gasteiger partial charge is 0.456 e. The van der Waals surface area contributed by atoms with E-state index in [1.54, 1.807) is 0 Å². The summed E-state index contributed by atoms with van der Waals surface area (Å²) in [5.74, 6) is 2.28. The van der Waals surface area contributed by atoms with Gasteiger partial charge in [0.25, 0.3) is 0 Å². The van der Waals surface area contributed by atoms with Crippen molar-refractivity contribution in [2.75, 3.05) is 0 Å². The highest BCUT2D eigenvalue weighted by atomic mass is 16.4. The molecular formula is C40H22N4O3. The number of benzene rings is 6. The summed E-state index contributed by atoms with van der Waals surface area (Å²) in [6.45, 7) is 0. The highest BCUT2D eigenvalue weighted by Crippen LogP contribution is 2.38. The second-order valence-corrected chi connectivity index (χ2v) is 11.5. The Hall–Kier alpha value is -6.60. The average molecular weight is 607 g/mol. The van der Waals surface area contributed by atoms with E-state index in [1.807, 2.05) is 121 Å². The summed E-state index contributed by atoms with van der Waals surface area (Å²) >= 11 is 0. The third-order valence-electron chi connectivity index (χ3n) is 8.57. The van der Waals surface area contributed by atoms with Gasteiger partial charge in [0, 0.05) is 49.9 Å². The molecule has 0 unspecified atom stereocenters. The molecule has 0 aliphatic carbocycles. The Morgan fingerprint density at radius 3 is 1.89 bits per heavy atom. The van der Waals surface area contributed by atoms with Crippen LogP contribution in [0, 0.1) is 0 Å². The van der Waals surface area contributed by atoms with Gasteiger partial charge in [-0.2, -0.15) is 0 Å². The molecule has 0 fully saturated rings. The van der Waals surface area contributed by atoms with Gasteiger partial charge in [0.15, 0.2) is 23.1 Å². The first-order chi connectivity index (χ1) is 23.2. The van der Waals surface area contributed by atoms with E-state index >= 15 is 0 Å². The Morgan fingerprint density at radius 2 is 1.04 bits per heavy atom. The number of nitrogens with zero attached hydrogens (tertiary/aromatic N) is 4. The highest BCUT2D eigenvalue weighted by Gasteiger charge is 2.19. The Kier molecular flexibility index (Phi) is 5.44. The topological polar surface area (TPSA) is 91.0 Å². The highest BCUT2D eigenvalue weighted by molar-refractivity contribution is 6.12. The molecule has 0 aliphatic heterocycles. The minimum atomic E-state index is 0.545. The summed E-state index contributed by atoms with van der Waals surface area (Å²) < 4.78 is 18.7. The zero-order chi connectivity index (χ0) is 30.9.